The molecule has 16 nitrogen and oxygen atoms in total. The summed E-state index contributed by atoms with van der Waals surface area (Å²) >= 11 is 0. The molecule has 2 saturated heterocycles. The van der Waals surface area contributed by atoms with Crippen molar-refractivity contribution in [3.63, 3.8) is 0 Å². The average Bonchev–Trinajstić information content (AvgIpc) is 2.85. The SMILES string of the molecule is C#Cc1cn([C@@H]2O[C@H](CO[PH]3(O)OP(=O)(O)OP(=O)(O)O3)C(O)[C@@H]2O)c(=O)nc1N. The molecular weight excluding hydrogens is 475 g/mol. The van der Waals surface area contributed by atoms with E-state index < -0.39 is 60.7 Å². The number of anilines is 1. The zero-order valence-electron chi connectivity index (χ0n) is 14.5. The molecule has 0 amide bonds. The van der Waals surface area contributed by atoms with E-state index in [0.717, 1.165) is 10.8 Å². The summed E-state index contributed by atoms with van der Waals surface area (Å²) in [6.45, 7) is -0.864. The van der Waals surface area contributed by atoms with Crippen molar-refractivity contribution in [1.82, 2.24) is 9.55 Å². The first kappa shape index (κ1) is 23.4. The predicted octanol–water partition coefficient (Wildman–Crippen LogP) is -1.89. The Bertz CT molecular complexity index is 1020. The Hall–Kier alpha value is -1.27. The Balaban J connectivity index is 1.77. The van der Waals surface area contributed by atoms with Gasteiger partial charge in [-0.1, -0.05) is 0 Å². The number of rotatable bonds is 4. The zero-order valence-corrected chi connectivity index (χ0v) is 17.3. The predicted molar refractivity (Wildman–Crippen MR) is 96.2 cm³/mol. The fourth-order valence-electron chi connectivity index (χ4n) is 2.58. The maximum absolute atomic E-state index is 12.0. The summed E-state index contributed by atoms with van der Waals surface area (Å²) in [5.74, 6) is 1.93. The van der Waals surface area contributed by atoms with Crippen LogP contribution in [0.25, 0.3) is 0 Å². The van der Waals surface area contributed by atoms with Gasteiger partial charge in [0.05, 0.1) is 0 Å². The molecule has 0 aliphatic carbocycles. The standard InChI is InChI=1S/C11H16N3O13P3/c1-2-5-3-14(11(17)13-9(5)12)10-8(16)7(15)6(24-10)4-23-30(22)26-28(18,19)25-29(20,21)27-30/h1,3,6-8,10,15-16,22,30H,4H2,(H,18,19)(H,20,21)(H2,12,13,17)/t6-,7?,8+,10-/m1/s1. The average molecular weight is 491 g/mol. The molecule has 19 heteroatoms. The Labute approximate surface area is 167 Å². The van der Waals surface area contributed by atoms with Crippen molar-refractivity contribution in [3.8, 4) is 12.3 Å². The molecule has 1 aromatic rings. The topological polar surface area (TPSA) is 242 Å². The van der Waals surface area contributed by atoms with Crippen LogP contribution in [0.5, 0.6) is 0 Å². The van der Waals surface area contributed by atoms with E-state index in [1.165, 1.54) is 0 Å². The van der Waals surface area contributed by atoms with Gasteiger partial charge in [-0.3, -0.25) is 0 Å². The molecule has 2 aliphatic heterocycles. The number of nitrogens with two attached hydrogens (primary N) is 1. The number of hydrogen-bond donors (Lipinski definition) is 6. The van der Waals surface area contributed by atoms with Crippen molar-refractivity contribution in [2.24, 2.45) is 0 Å². The van der Waals surface area contributed by atoms with Crippen LogP contribution in [0, 0.1) is 12.3 Å². The van der Waals surface area contributed by atoms with E-state index in [0.29, 0.717) is 0 Å². The van der Waals surface area contributed by atoms with Gasteiger partial charge in [0.15, 0.2) is 0 Å². The Morgan fingerprint density at radius 2 is 1.90 bits per heavy atom. The quantitative estimate of drug-likeness (QED) is 0.199. The van der Waals surface area contributed by atoms with Crippen LogP contribution in [0.3, 0.4) is 0 Å². The first-order chi connectivity index (χ1) is 13.8. The number of aliphatic hydroxyl groups excluding tert-OH is 2. The van der Waals surface area contributed by atoms with Gasteiger partial charge in [0.1, 0.15) is 0 Å². The monoisotopic (exact) mass is 491 g/mol. The van der Waals surface area contributed by atoms with Crippen molar-refractivity contribution in [2.75, 3.05) is 12.3 Å². The van der Waals surface area contributed by atoms with Crippen LogP contribution in [0.4, 0.5) is 5.82 Å². The van der Waals surface area contributed by atoms with Gasteiger partial charge in [0.25, 0.3) is 0 Å². The molecule has 168 valence electrons. The minimum atomic E-state index is -5.21. The van der Waals surface area contributed by atoms with Crippen molar-refractivity contribution >= 4 is 29.6 Å². The second-order valence-electron chi connectivity index (χ2n) is 5.96. The fraction of sp³-hybridized carbons (Fsp3) is 0.455. The number of hydrogen-bond acceptors (Lipinski definition) is 13. The first-order valence-corrected chi connectivity index (χ1v) is 12.4. The van der Waals surface area contributed by atoms with Crippen LogP contribution in [-0.2, 0) is 31.3 Å². The second kappa shape index (κ2) is 8.01. The molecular formula is C11H16N3O13P3. The Morgan fingerprint density at radius 1 is 1.30 bits per heavy atom. The number of aromatic nitrogens is 2. The summed E-state index contributed by atoms with van der Waals surface area (Å²) < 4.78 is 45.9. The molecule has 0 saturated carbocycles. The van der Waals surface area contributed by atoms with E-state index in [9.17, 15) is 38.8 Å². The molecule has 3 rings (SSSR count). The van der Waals surface area contributed by atoms with Gasteiger partial charge in [-0.15, -0.1) is 0 Å². The number of terminal acetylenes is 1. The van der Waals surface area contributed by atoms with Gasteiger partial charge in [-0.2, -0.15) is 0 Å². The van der Waals surface area contributed by atoms with Crippen LogP contribution in [0.2, 0.25) is 0 Å². The Kier molecular flexibility index (Phi) is 6.25. The van der Waals surface area contributed by atoms with Crippen LogP contribution >= 0.6 is 23.8 Å². The van der Waals surface area contributed by atoms with Gasteiger partial charge in [0, 0.05) is 0 Å². The van der Waals surface area contributed by atoms with E-state index in [2.05, 4.69) is 23.8 Å². The van der Waals surface area contributed by atoms with Gasteiger partial charge in [-0.25, -0.2) is 0 Å². The molecule has 1 aromatic heterocycles. The van der Waals surface area contributed by atoms with E-state index in [1.54, 1.807) is 0 Å². The normalized spacial score (nSPS) is 39.3. The van der Waals surface area contributed by atoms with Crippen molar-refractivity contribution in [3.05, 3.63) is 22.2 Å². The summed E-state index contributed by atoms with van der Waals surface area (Å²) in [6, 6.07) is 0. The Morgan fingerprint density at radius 3 is 2.47 bits per heavy atom. The second-order valence-corrected chi connectivity index (χ2v) is 11.3. The molecule has 3 heterocycles. The van der Waals surface area contributed by atoms with Crippen LogP contribution in [0.15, 0.2) is 11.0 Å². The van der Waals surface area contributed by atoms with Crippen LogP contribution in [0.1, 0.15) is 11.8 Å². The maximum atomic E-state index is 12.0. The molecule has 0 bridgehead atoms. The van der Waals surface area contributed by atoms with Gasteiger partial charge >= 0.3 is 167 Å². The molecule has 2 fully saturated rings. The molecule has 30 heavy (non-hydrogen) atoms. The molecule has 6 atom stereocenters. The van der Waals surface area contributed by atoms with E-state index in [4.69, 9.17) is 21.4 Å². The molecule has 0 radical (unpaired) electrons. The van der Waals surface area contributed by atoms with Crippen molar-refractivity contribution in [1.29, 1.82) is 0 Å². The minimum absolute atomic E-state index is 0.00251. The number of aliphatic hydroxyl groups is 2. The summed E-state index contributed by atoms with van der Waals surface area (Å²) in [4.78, 5) is 44.0. The zero-order chi connectivity index (χ0) is 22.5. The van der Waals surface area contributed by atoms with E-state index >= 15 is 0 Å². The van der Waals surface area contributed by atoms with Gasteiger partial charge in [0.2, 0.25) is 0 Å². The summed E-state index contributed by atoms with van der Waals surface area (Å²) in [5.41, 5.74) is 4.53. The third kappa shape index (κ3) is 4.80. The third-order valence-electron chi connectivity index (χ3n) is 3.85. The molecule has 3 unspecified atom stereocenters. The fourth-order valence-corrected chi connectivity index (χ4v) is 8.06. The van der Waals surface area contributed by atoms with E-state index in [1.807, 2.05) is 0 Å². The number of ether oxygens (including phenoxy) is 1. The van der Waals surface area contributed by atoms with Gasteiger partial charge < -0.3 is 0 Å². The third-order valence-corrected chi connectivity index (χ3v) is 9.72. The molecule has 0 spiro atoms. The summed E-state index contributed by atoms with van der Waals surface area (Å²) in [5, 5.41) is 20.3. The van der Waals surface area contributed by atoms with E-state index in [-0.39, 0.29) is 11.4 Å². The number of phosphoric acid groups is 2. The molecule has 0 aromatic carbocycles. The van der Waals surface area contributed by atoms with Crippen molar-refractivity contribution in [2.45, 2.75) is 24.5 Å². The molecule has 7 N–H and O–H groups in total. The molecule has 2 aliphatic rings. The van der Waals surface area contributed by atoms with Gasteiger partial charge in [-0.05, 0) is 0 Å². The number of nitrogens with zero attached hydrogens (tertiary/aromatic N) is 2. The van der Waals surface area contributed by atoms with Crippen LogP contribution < -0.4 is 11.4 Å². The first-order valence-electron chi connectivity index (χ1n) is 7.77. The van der Waals surface area contributed by atoms with Crippen LogP contribution in [-0.4, -0.2) is 59.4 Å². The number of nitrogen functional groups attached to an aromatic ring is 1. The summed E-state index contributed by atoms with van der Waals surface area (Å²) in [7, 11) is -15.6. The summed E-state index contributed by atoms with van der Waals surface area (Å²) in [6.07, 6.45) is -0.106. The van der Waals surface area contributed by atoms with Crippen molar-refractivity contribution < 1.29 is 56.2 Å².